The van der Waals surface area contributed by atoms with Gasteiger partial charge in [-0.05, 0) is 43.7 Å². The summed E-state index contributed by atoms with van der Waals surface area (Å²) in [6, 6.07) is 6.94. The van der Waals surface area contributed by atoms with Gasteiger partial charge in [0.15, 0.2) is 9.84 Å². The van der Waals surface area contributed by atoms with Crippen LogP contribution in [0.5, 0.6) is 0 Å². The summed E-state index contributed by atoms with van der Waals surface area (Å²) in [5, 5.41) is 5.51. The molecule has 2 fully saturated rings. The second kappa shape index (κ2) is 6.30. The lowest BCUT2D eigenvalue weighted by atomic mass is 9.76. The van der Waals surface area contributed by atoms with E-state index in [0.717, 1.165) is 28.9 Å². The summed E-state index contributed by atoms with van der Waals surface area (Å²) < 4.78 is 23.4. The smallest absolute Gasteiger partial charge is 0.325 e. The van der Waals surface area contributed by atoms with Crippen molar-refractivity contribution < 1.29 is 22.8 Å². The molecule has 1 aromatic rings. The lowest BCUT2D eigenvalue weighted by molar-refractivity contribution is -0.136. The molecule has 28 heavy (non-hydrogen) atoms. The van der Waals surface area contributed by atoms with Gasteiger partial charge in [0.05, 0.1) is 17.0 Å². The van der Waals surface area contributed by atoms with Crippen LogP contribution in [0.25, 0.3) is 0 Å². The van der Waals surface area contributed by atoms with Crippen LogP contribution < -0.4 is 10.6 Å². The maximum Gasteiger partial charge on any atom is 0.325 e. The summed E-state index contributed by atoms with van der Waals surface area (Å²) >= 11 is 0. The van der Waals surface area contributed by atoms with Crippen LogP contribution in [0, 0.1) is 0 Å². The third-order valence-electron chi connectivity index (χ3n) is 5.90. The number of aryl methyl sites for hydroxylation is 1. The van der Waals surface area contributed by atoms with Crippen LogP contribution >= 0.6 is 0 Å². The van der Waals surface area contributed by atoms with Gasteiger partial charge in [0.25, 0.3) is 5.91 Å². The highest BCUT2D eigenvalue weighted by Gasteiger charge is 2.54. The van der Waals surface area contributed by atoms with Crippen LogP contribution in [-0.2, 0) is 31.4 Å². The van der Waals surface area contributed by atoms with Gasteiger partial charge in [0, 0.05) is 0 Å². The van der Waals surface area contributed by atoms with Crippen LogP contribution in [0.2, 0.25) is 0 Å². The molecule has 2 saturated heterocycles. The average Bonchev–Trinajstić information content (AvgIpc) is 3.03. The quantitative estimate of drug-likeness (QED) is 0.710. The number of nitrogens with zero attached hydrogens (tertiary/aromatic N) is 1. The minimum absolute atomic E-state index is 0.0206. The topological polar surface area (TPSA) is 113 Å². The SMILES string of the molecule is CC1(NC(=O)CN2C(=O)NC3(CCCc4ccccc43)C2=O)CCS(=O)(=O)C1. The molecule has 150 valence electrons. The molecule has 0 bridgehead atoms. The molecule has 2 N–H and O–H groups in total. The number of benzene rings is 1. The number of hydrogen-bond donors (Lipinski definition) is 2. The molecule has 4 amide bonds. The second-order valence-corrected chi connectivity index (χ2v) is 10.4. The molecule has 4 rings (SSSR count). The number of nitrogens with one attached hydrogen (secondary N) is 2. The molecule has 8 nitrogen and oxygen atoms in total. The Bertz CT molecular complexity index is 976. The fourth-order valence-corrected chi connectivity index (χ4v) is 6.68. The largest absolute Gasteiger partial charge is 0.348 e. The number of carbonyl (C=O) groups excluding carboxylic acids is 3. The zero-order chi connectivity index (χ0) is 20.2. The molecule has 2 heterocycles. The molecular formula is C19H23N3O5S. The fraction of sp³-hybridized carbons (Fsp3) is 0.526. The van der Waals surface area contributed by atoms with E-state index in [2.05, 4.69) is 10.6 Å². The maximum absolute atomic E-state index is 13.2. The molecule has 1 aromatic carbocycles. The molecule has 0 saturated carbocycles. The molecule has 1 spiro atoms. The van der Waals surface area contributed by atoms with Crippen LogP contribution in [0.3, 0.4) is 0 Å². The van der Waals surface area contributed by atoms with Gasteiger partial charge in [-0.25, -0.2) is 13.2 Å². The summed E-state index contributed by atoms with van der Waals surface area (Å²) in [4.78, 5) is 39.2. The molecule has 0 aromatic heterocycles. The first-order chi connectivity index (χ1) is 13.1. The highest BCUT2D eigenvalue weighted by molar-refractivity contribution is 7.91. The lowest BCUT2D eigenvalue weighted by Gasteiger charge is -2.33. The van der Waals surface area contributed by atoms with Gasteiger partial charge in [-0.15, -0.1) is 0 Å². The van der Waals surface area contributed by atoms with E-state index in [0.29, 0.717) is 12.8 Å². The summed E-state index contributed by atoms with van der Waals surface area (Å²) in [5.41, 5.74) is -0.175. The van der Waals surface area contributed by atoms with Gasteiger partial charge in [-0.2, -0.15) is 0 Å². The minimum Gasteiger partial charge on any atom is -0.348 e. The van der Waals surface area contributed by atoms with Gasteiger partial charge in [-0.3, -0.25) is 14.5 Å². The Labute approximate surface area is 163 Å². The number of carbonyl (C=O) groups is 3. The van der Waals surface area contributed by atoms with Crippen molar-refractivity contribution in [3.8, 4) is 0 Å². The minimum atomic E-state index is -3.18. The van der Waals surface area contributed by atoms with Crippen molar-refractivity contribution in [3.05, 3.63) is 35.4 Å². The van der Waals surface area contributed by atoms with Gasteiger partial charge < -0.3 is 10.6 Å². The first-order valence-electron chi connectivity index (χ1n) is 9.38. The highest BCUT2D eigenvalue weighted by Crippen LogP contribution is 2.39. The van der Waals surface area contributed by atoms with Crippen molar-refractivity contribution in [3.63, 3.8) is 0 Å². The summed E-state index contributed by atoms with van der Waals surface area (Å²) in [7, 11) is -3.18. The predicted molar refractivity (Wildman–Crippen MR) is 101 cm³/mol. The molecule has 2 unspecified atom stereocenters. The van der Waals surface area contributed by atoms with Crippen LogP contribution in [-0.4, -0.2) is 54.8 Å². The normalized spacial score (nSPS) is 31.0. The Morgan fingerprint density at radius 1 is 1.25 bits per heavy atom. The number of rotatable bonds is 3. The van der Waals surface area contributed by atoms with E-state index >= 15 is 0 Å². The number of imide groups is 1. The highest BCUT2D eigenvalue weighted by atomic mass is 32.2. The fourth-order valence-electron chi connectivity index (χ4n) is 4.58. The van der Waals surface area contributed by atoms with Crippen LogP contribution in [0.15, 0.2) is 24.3 Å². The molecule has 2 aliphatic heterocycles. The zero-order valence-electron chi connectivity index (χ0n) is 15.7. The standard InChI is InChI=1S/C19H23N3O5S/c1-18(9-10-28(26,27)12-18)20-15(23)11-22-16(24)19(21-17(22)25)8-4-6-13-5-2-3-7-14(13)19/h2-3,5,7H,4,6,8-12H2,1H3,(H,20,23)(H,21,25). The van der Waals surface area contributed by atoms with E-state index < -0.39 is 45.3 Å². The molecular weight excluding hydrogens is 382 g/mol. The Kier molecular flexibility index (Phi) is 4.26. The molecule has 9 heteroatoms. The Morgan fingerprint density at radius 3 is 2.71 bits per heavy atom. The Hall–Kier alpha value is -2.42. The average molecular weight is 405 g/mol. The van der Waals surface area contributed by atoms with E-state index in [1.165, 1.54) is 0 Å². The van der Waals surface area contributed by atoms with Crippen molar-refractivity contribution in [2.75, 3.05) is 18.1 Å². The van der Waals surface area contributed by atoms with Crippen molar-refractivity contribution >= 4 is 27.7 Å². The third-order valence-corrected chi connectivity index (χ3v) is 7.80. The molecule has 1 aliphatic carbocycles. The lowest BCUT2D eigenvalue weighted by Crippen LogP contribution is -2.51. The molecule has 2 atom stereocenters. The van der Waals surface area contributed by atoms with Gasteiger partial charge >= 0.3 is 6.03 Å². The van der Waals surface area contributed by atoms with E-state index in [1.54, 1.807) is 6.92 Å². The number of urea groups is 1. The second-order valence-electron chi connectivity index (χ2n) is 8.19. The summed E-state index contributed by atoms with van der Waals surface area (Å²) in [5.74, 6) is -1.08. The third kappa shape index (κ3) is 3.07. The predicted octanol–water partition coefficient (Wildman–Crippen LogP) is 0.463. The molecule has 3 aliphatic rings. The zero-order valence-corrected chi connectivity index (χ0v) is 16.5. The first kappa shape index (κ1) is 18.9. The van der Waals surface area contributed by atoms with Gasteiger partial charge in [-0.1, -0.05) is 24.3 Å². The number of fused-ring (bicyclic) bond motifs is 2. The van der Waals surface area contributed by atoms with Crippen molar-refractivity contribution in [1.29, 1.82) is 0 Å². The Morgan fingerprint density at radius 2 is 2.00 bits per heavy atom. The molecule has 0 radical (unpaired) electrons. The van der Waals surface area contributed by atoms with E-state index in [1.807, 2.05) is 24.3 Å². The first-order valence-corrected chi connectivity index (χ1v) is 11.2. The van der Waals surface area contributed by atoms with E-state index in [-0.39, 0.29) is 11.5 Å². The number of hydrogen-bond acceptors (Lipinski definition) is 5. The summed E-state index contributed by atoms with van der Waals surface area (Å²) in [6.45, 7) is 1.24. The van der Waals surface area contributed by atoms with E-state index in [9.17, 15) is 22.8 Å². The number of sulfone groups is 1. The van der Waals surface area contributed by atoms with Crippen LogP contribution in [0.1, 0.15) is 37.3 Å². The van der Waals surface area contributed by atoms with Crippen molar-refractivity contribution in [2.45, 2.75) is 43.7 Å². The van der Waals surface area contributed by atoms with Crippen LogP contribution in [0.4, 0.5) is 4.79 Å². The maximum atomic E-state index is 13.2. The monoisotopic (exact) mass is 405 g/mol. The summed E-state index contributed by atoms with van der Waals surface area (Å²) in [6.07, 6.45) is 2.41. The number of amides is 4. The van der Waals surface area contributed by atoms with Crippen molar-refractivity contribution in [1.82, 2.24) is 15.5 Å². The van der Waals surface area contributed by atoms with Crippen molar-refractivity contribution in [2.24, 2.45) is 0 Å². The van der Waals surface area contributed by atoms with Gasteiger partial charge in [0.2, 0.25) is 5.91 Å². The van der Waals surface area contributed by atoms with Gasteiger partial charge in [0.1, 0.15) is 12.1 Å². The van der Waals surface area contributed by atoms with E-state index in [4.69, 9.17) is 0 Å². The Balaban J connectivity index is 1.52.